The predicted octanol–water partition coefficient (Wildman–Crippen LogP) is 4.44. The molecule has 2 rings (SSSR count). The summed E-state index contributed by atoms with van der Waals surface area (Å²) in [5.41, 5.74) is 0.862. The van der Waals surface area contributed by atoms with E-state index < -0.39 is 0 Å². The summed E-state index contributed by atoms with van der Waals surface area (Å²) in [6, 6.07) is 5.67. The van der Waals surface area contributed by atoms with Gasteiger partial charge in [0.2, 0.25) is 0 Å². The van der Waals surface area contributed by atoms with E-state index in [1.54, 1.807) is 24.1 Å². The monoisotopic (exact) mass is 352 g/mol. The van der Waals surface area contributed by atoms with Crippen molar-refractivity contribution in [2.75, 3.05) is 7.11 Å². The molecule has 0 radical (unpaired) electrons. The molecule has 1 aliphatic rings. The Kier molecular flexibility index (Phi) is 5.76. The van der Waals surface area contributed by atoms with Crippen LogP contribution in [0.4, 0.5) is 0 Å². The number of aliphatic imine (C=N–C) groups is 1. The molecule has 0 bridgehead atoms. The minimum Gasteiger partial charge on any atom is -0.495 e. The Balaban J connectivity index is 2.36. The Morgan fingerprint density at radius 1 is 1.30 bits per heavy atom. The minimum absolute atomic E-state index is 0.0173. The number of halogens is 1. The lowest BCUT2D eigenvalue weighted by molar-refractivity contribution is -0.123. The summed E-state index contributed by atoms with van der Waals surface area (Å²) < 4.78 is 5.15. The highest BCUT2D eigenvalue weighted by atomic mass is 35.5. The fourth-order valence-corrected chi connectivity index (χ4v) is 3.68. The molecule has 0 aromatic heterocycles. The fraction of sp³-hybridized carbons (Fsp3) is 0.412. The molecule has 0 unspecified atom stereocenters. The summed E-state index contributed by atoms with van der Waals surface area (Å²) in [6.45, 7) is 7.98. The number of amides is 1. The molecule has 0 saturated carbocycles. The molecule has 1 aromatic rings. The van der Waals surface area contributed by atoms with Gasteiger partial charge in [0.05, 0.1) is 17.0 Å². The van der Waals surface area contributed by atoms with Crippen LogP contribution in [0.2, 0.25) is 5.02 Å². The molecule has 1 saturated heterocycles. The van der Waals surface area contributed by atoms with Crippen molar-refractivity contribution in [1.82, 2.24) is 4.90 Å². The highest BCUT2D eigenvalue weighted by Gasteiger charge is 2.35. The van der Waals surface area contributed by atoms with Gasteiger partial charge in [-0.25, -0.2) is 0 Å². The summed E-state index contributed by atoms with van der Waals surface area (Å²) in [6.07, 6.45) is 1.84. The number of hydrogen-bond acceptors (Lipinski definition) is 4. The second-order valence-corrected chi connectivity index (χ2v) is 7.20. The van der Waals surface area contributed by atoms with Gasteiger partial charge in [-0.1, -0.05) is 17.7 Å². The number of carbonyl (C=O) groups excluding carboxylic acids is 1. The molecule has 124 valence electrons. The van der Waals surface area contributed by atoms with Gasteiger partial charge < -0.3 is 4.74 Å². The zero-order valence-electron chi connectivity index (χ0n) is 14.0. The number of amidine groups is 1. The van der Waals surface area contributed by atoms with E-state index >= 15 is 0 Å². The average molecular weight is 353 g/mol. The van der Waals surface area contributed by atoms with Crippen molar-refractivity contribution < 1.29 is 9.53 Å². The maximum Gasteiger partial charge on any atom is 0.266 e. The van der Waals surface area contributed by atoms with Crippen LogP contribution in [0.5, 0.6) is 5.75 Å². The quantitative estimate of drug-likeness (QED) is 0.752. The Bertz CT molecular complexity index is 669. The lowest BCUT2D eigenvalue weighted by Gasteiger charge is -2.20. The first-order chi connectivity index (χ1) is 10.8. The van der Waals surface area contributed by atoms with Gasteiger partial charge in [0, 0.05) is 12.1 Å². The maximum atomic E-state index is 12.6. The molecule has 6 heteroatoms. The van der Waals surface area contributed by atoms with E-state index in [2.05, 4.69) is 4.99 Å². The van der Waals surface area contributed by atoms with Crippen molar-refractivity contribution in [3.05, 3.63) is 33.7 Å². The number of methoxy groups -OCH3 is 1. The first-order valence-electron chi connectivity index (χ1n) is 7.48. The molecular weight excluding hydrogens is 332 g/mol. The number of benzene rings is 1. The van der Waals surface area contributed by atoms with E-state index in [0.29, 0.717) is 15.7 Å². The standard InChI is InChI=1S/C17H21ClN2O2S/c1-10(2)19-17-20(11(3)4)16(21)15(23-17)9-12-6-7-14(22-5)13(18)8-12/h6-11H,1-5H3/b15-9+,19-17?. The van der Waals surface area contributed by atoms with Crippen molar-refractivity contribution in [2.24, 2.45) is 4.99 Å². The molecule has 1 fully saturated rings. The molecule has 0 aliphatic carbocycles. The van der Waals surface area contributed by atoms with Gasteiger partial charge in [-0.05, 0) is 63.2 Å². The topological polar surface area (TPSA) is 41.9 Å². The smallest absolute Gasteiger partial charge is 0.266 e. The van der Waals surface area contributed by atoms with E-state index in [1.807, 2.05) is 39.8 Å². The number of rotatable bonds is 4. The fourth-order valence-electron chi connectivity index (χ4n) is 2.18. The van der Waals surface area contributed by atoms with Crippen LogP contribution < -0.4 is 4.74 Å². The highest BCUT2D eigenvalue weighted by molar-refractivity contribution is 8.18. The van der Waals surface area contributed by atoms with Crippen LogP contribution in [0, 0.1) is 0 Å². The second kappa shape index (κ2) is 7.41. The zero-order valence-corrected chi connectivity index (χ0v) is 15.5. The summed E-state index contributed by atoms with van der Waals surface area (Å²) in [5, 5.41) is 1.28. The van der Waals surface area contributed by atoms with E-state index in [-0.39, 0.29) is 18.0 Å². The van der Waals surface area contributed by atoms with Crippen molar-refractivity contribution >= 4 is 40.5 Å². The Hall–Kier alpha value is -1.46. The number of hydrogen-bond donors (Lipinski definition) is 0. The average Bonchev–Trinajstić information content (AvgIpc) is 2.74. The number of carbonyl (C=O) groups is 1. The van der Waals surface area contributed by atoms with Crippen LogP contribution in [-0.4, -0.2) is 35.2 Å². The molecule has 1 aromatic carbocycles. The predicted molar refractivity (Wildman–Crippen MR) is 98.1 cm³/mol. The van der Waals surface area contributed by atoms with Crippen molar-refractivity contribution in [3.63, 3.8) is 0 Å². The molecular formula is C17H21ClN2O2S. The van der Waals surface area contributed by atoms with Crippen molar-refractivity contribution in [1.29, 1.82) is 0 Å². The largest absolute Gasteiger partial charge is 0.495 e. The summed E-state index contributed by atoms with van der Waals surface area (Å²) in [5.74, 6) is 0.599. The van der Waals surface area contributed by atoms with E-state index in [0.717, 1.165) is 10.7 Å². The van der Waals surface area contributed by atoms with Gasteiger partial charge in [-0.3, -0.25) is 14.7 Å². The van der Waals surface area contributed by atoms with Gasteiger partial charge in [0.15, 0.2) is 5.17 Å². The third kappa shape index (κ3) is 4.09. The van der Waals surface area contributed by atoms with Crippen LogP contribution in [0.1, 0.15) is 33.3 Å². The molecule has 1 amide bonds. The van der Waals surface area contributed by atoms with Gasteiger partial charge in [0.1, 0.15) is 5.75 Å². The first kappa shape index (κ1) is 17.9. The van der Waals surface area contributed by atoms with Crippen LogP contribution in [0.3, 0.4) is 0 Å². The summed E-state index contributed by atoms with van der Waals surface area (Å²) in [7, 11) is 1.57. The van der Waals surface area contributed by atoms with E-state index in [9.17, 15) is 4.79 Å². The lowest BCUT2D eigenvalue weighted by atomic mass is 10.2. The van der Waals surface area contributed by atoms with Crippen LogP contribution in [-0.2, 0) is 4.79 Å². The van der Waals surface area contributed by atoms with Crippen molar-refractivity contribution in [2.45, 2.75) is 39.8 Å². The third-order valence-electron chi connectivity index (χ3n) is 3.20. The second-order valence-electron chi connectivity index (χ2n) is 5.78. The third-order valence-corrected chi connectivity index (χ3v) is 4.49. The highest BCUT2D eigenvalue weighted by Crippen LogP contribution is 2.35. The van der Waals surface area contributed by atoms with Gasteiger partial charge in [-0.2, -0.15) is 0 Å². The van der Waals surface area contributed by atoms with Gasteiger partial charge in [-0.15, -0.1) is 0 Å². The van der Waals surface area contributed by atoms with E-state index in [4.69, 9.17) is 16.3 Å². The Morgan fingerprint density at radius 2 is 2.00 bits per heavy atom. The zero-order chi connectivity index (χ0) is 17.1. The number of thioether (sulfide) groups is 1. The molecule has 23 heavy (non-hydrogen) atoms. The minimum atomic E-state index is -0.0173. The molecule has 0 atom stereocenters. The van der Waals surface area contributed by atoms with Crippen LogP contribution in [0.25, 0.3) is 6.08 Å². The van der Waals surface area contributed by atoms with E-state index in [1.165, 1.54) is 11.8 Å². The van der Waals surface area contributed by atoms with Crippen molar-refractivity contribution in [3.8, 4) is 5.75 Å². The maximum absolute atomic E-state index is 12.6. The normalized spacial score (nSPS) is 18.8. The van der Waals surface area contributed by atoms with Crippen LogP contribution in [0.15, 0.2) is 28.1 Å². The summed E-state index contributed by atoms with van der Waals surface area (Å²) in [4.78, 5) is 19.6. The lowest BCUT2D eigenvalue weighted by Crippen LogP contribution is -2.35. The molecule has 0 N–H and O–H groups in total. The Morgan fingerprint density at radius 3 is 2.52 bits per heavy atom. The molecule has 4 nitrogen and oxygen atoms in total. The Labute approximate surface area is 146 Å². The van der Waals surface area contributed by atoms with Gasteiger partial charge in [0.25, 0.3) is 5.91 Å². The molecule has 1 heterocycles. The molecule has 1 aliphatic heterocycles. The summed E-state index contributed by atoms with van der Waals surface area (Å²) >= 11 is 7.56. The number of nitrogens with zero attached hydrogens (tertiary/aromatic N) is 2. The molecule has 0 spiro atoms. The SMILES string of the molecule is COc1ccc(/C=C2/SC(=NC(C)C)N(C(C)C)C2=O)cc1Cl. The number of ether oxygens (including phenoxy) is 1. The van der Waals surface area contributed by atoms with Gasteiger partial charge >= 0.3 is 0 Å². The first-order valence-corrected chi connectivity index (χ1v) is 8.67. The van der Waals surface area contributed by atoms with Crippen LogP contribution >= 0.6 is 23.4 Å².